The maximum atomic E-state index is 12.5. The summed E-state index contributed by atoms with van der Waals surface area (Å²) in [6.45, 7) is 3.93. The van der Waals surface area contributed by atoms with Crippen LogP contribution in [0, 0.1) is 0 Å². The van der Waals surface area contributed by atoms with Crippen LogP contribution in [0.2, 0.25) is 0 Å². The van der Waals surface area contributed by atoms with Gasteiger partial charge in [-0.3, -0.25) is 9.69 Å². The van der Waals surface area contributed by atoms with Crippen LogP contribution in [0.25, 0.3) is 0 Å². The van der Waals surface area contributed by atoms with Gasteiger partial charge in [-0.15, -0.1) is 0 Å². The molecule has 1 aliphatic rings. The van der Waals surface area contributed by atoms with E-state index in [4.69, 9.17) is 9.47 Å². The van der Waals surface area contributed by atoms with Crippen molar-refractivity contribution in [1.82, 2.24) is 10.2 Å². The minimum absolute atomic E-state index is 0.0350. The first-order valence-corrected chi connectivity index (χ1v) is 10.4. The van der Waals surface area contributed by atoms with Crippen LogP contribution in [-0.2, 0) is 9.53 Å². The summed E-state index contributed by atoms with van der Waals surface area (Å²) in [4.78, 5) is 14.8. The summed E-state index contributed by atoms with van der Waals surface area (Å²) in [5.41, 5.74) is 1.09. The van der Waals surface area contributed by atoms with Gasteiger partial charge in [-0.2, -0.15) is 0 Å². The van der Waals surface area contributed by atoms with E-state index in [2.05, 4.69) is 42.1 Å². The molecule has 0 aromatic heterocycles. The number of nitrogens with zero attached hydrogens (tertiary/aromatic N) is 1. The van der Waals surface area contributed by atoms with E-state index >= 15 is 0 Å². The third kappa shape index (κ3) is 6.31. The van der Waals surface area contributed by atoms with Gasteiger partial charge < -0.3 is 14.8 Å². The Morgan fingerprint density at radius 1 is 1.15 bits per heavy atom. The van der Waals surface area contributed by atoms with Crippen LogP contribution in [0.1, 0.15) is 11.6 Å². The second-order valence-electron chi connectivity index (χ2n) is 6.31. The summed E-state index contributed by atoms with van der Waals surface area (Å²) < 4.78 is 12.8. The van der Waals surface area contributed by atoms with Gasteiger partial charge in [-0.25, -0.2) is 0 Å². The molecule has 7 heteroatoms. The highest BCUT2D eigenvalue weighted by Gasteiger charge is 2.20. The van der Waals surface area contributed by atoms with Crippen LogP contribution >= 0.6 is 31.9 Å². The molecule has 1 fully saturated rings. The second-order valence-corrected chi connectivity index (χ2v) is 8.08. The molecule has 0 aliphatic carbocycles. The Morgan fingerprint density at radius 3 is 2.59 bits per heavy atom. The first-order chi connectivity index (χ1) is 13.1. The van der Waals surface area contributed by atoms with Crippen molar-refractivity contribution < 1.29 is 14.3 Å². The van der Waals surface area contributed by atoms with Gasteiger partial charge in [0.05, 0.1) is 23.7 Å². The Bertz CT molecular complexity index is 752. The molecule has 0 spiro atoms. The number of nitrogens with one attached hydrogen (secondary N) is 1. The van der Waals surface area contributed by atoms with Gasteiger partial charge in [0, 0.05) is 24.1 Å². The highest BCUT2D eigenvalue weighted by molar-refractivity contribution is 9.11. The van der Waals surface area contributed by atoms with Crippen molar-refractivity contribution in [2.24, 2.45) is 0 Å². The van der Waals surface area contributed by atoms with Gasteiger partial charge in [0.2, 0.25) is 0 Å². The molecule has 1 aliphatic heterocycles. The highest BCUT2D eigenvalue weighted by atomic mass is 79.9. The van der Waals surface area contributed by atoms with Gasteiger partial charge in [0.1, 0.15) is 5.75 Å². The van der Waals surface area contributed by atoms with E-state index in [9.17, 15) is 4.79 Å². The molecule has 5 nitrogen and oxygen atoms in total. The number of amides is 1. The molecule has 0 bridgehead atoms. The lowest BCUT2D eigenvalue weighted by molar-refractivity contribution is -0.124. The Kier molecular flexibility index (Phi) is 7.70. The normalized spacial score (nSPS) is 15.9. The van der Waals surface area contributed by atoms with Gasteiger partial charge in [0.25, 0.3) is 5.91 Å². The van der Waals surface area contributed by atoms with Crippen LogP contribution in [-0.4, -0.2) is 50.3 Å². The van der Waals surface area contributed by atoms with Crippen LogP contribution in [0.15, 0.2) is 57.5 Å². The quantitative estimate of drug-likeness (QED) is 0.632. The van der Waals surface area contributed by atoms with Crippen molar-refractivity contribution in [3.63, 3.8) is 0 Å². The van der Waals surface area contributed by atoms with Crippen LogP contribution in [0.4, 0.5) is 0 Å². The van der Waals surface area contributed by atoms with Crippen molar-refractivity contribution in [3.05, 3.63) is 63.0 Å². The summed E-state index contributed by atoms with van der Waals surface area (Å²) in [6.07, 6.45) is 0. The number of benzene rings is 2. The molecule has 1 N–H and O–H groups in total. The number of rotatable bonds is 7. The van der Waals surface area contributed by atoms with E-state index in [-0.39, 0.29) is 18.6 Å². The van der Waals surface area contributed by atoms with E-state index in [0.29, 0.717) is 5.75 Å². The van der Waals surface area contributed by atoms with Gasteiger partial charge in [0.15, 0.2) is 6.61 Å². The maximum absolute atomic E-state index is 12.5. The SMILES string of the molecule is O=C(COc1ccc(Br)cc1Br)N[C@@H](CN1CCOCC1)c1ccccc1. The largest absolute Gasteiger partial charge is 0.483 e. The second kappa shape index (κ2) is 10.2. The zero-order valence-electron chi connectivity index (χ0n) is 14.9. The van der Waals surface area contributed by atoms with Gasteiger partial charge >= 0.3 is 0 Å². The van der Waals surface area contributed by atoms with E-state index in [1.807, 2.05) is 48.5 Å². The van der Waals surface area contributed by atoms with E-state index in [0.717, 1.165) is 47.4 Å². The number of carbonyl (C=O) groups is 1. The molecular weight excluding hydrogens is 476 g/mol. The molecule has 1 saturated heterocycles. The molecule has 144 valence electrons. The predicted molar refractivity (Wildman–Crippen MR) is 112 cm³/mol. The summed E-state index contributed by atoms with van der Waals surface area (Å²) in [7, 11) is 0. The maximum Gasteiger partial charge on any atom is 0.258 e. The molecule has 2 aromatic carbocycles. The number of morpholine rings is 1. The monoisotopic (exact) mass is 496 g/mol. The van der Waals surface area contributed by atoms with Crippen molar-refractivity contribution in [1.29, 1.82) is 0 Å². The standard InChI is InChI=1S/C20H22Br2N2O3/c21-16-6-7-19(17(22)12-16)27-14-20(25)23-18(15-4-2-1-3-5-15)13-24-8-10-26-11-9-24/h1-7,12,18H,8-11,13-14H2,(H,23,25)/t18-/m0/s1. The fourth-order valence-electron chi connectivity index (χ4n) is 2.93. The lowest BCUT2D eigenvalue weighted by Gasteiger charge is -2.31. The molecule has 27 heavy (non-hydrogen) atoms. The summed E-state index contributed by atoms with van der Waals surface area (Å²) in [5.74, 6) is 0.490. The number of carbonyl (C=O) groups excluding carboxylic acids is 1. The number of hydrogen-bond donors (Lipinski definition) is 1. The lowest BCUT2D eigenvalue weighted by Crippen LogP contribution is -2.44. The van der Waals surface area contributed by atoms with Crippen molar-refractivity contribution >= 4 is 37.8 Å². The fourth-order valence-corrected chi connectivity index (χ4v) is 4.09. The minimum atomic E-state index is -0.146. The Morgan fingerprint density at radius 2 is 1.89 bits per heavy atom. The smallest absolute Gasteiger partial charge is 0.258 e. The number of ether oxygens (including phenoxy) is 2. The lowest BCUT2D eigenvalue weighted by atomic mass is 10.1. The Labute approximate surface area is 176 Å². The summed E-state index contributed by atoms with van der Waals surface area (Å²) >= 11 is 6.85. The Balaban J connectivity index is 1.61. The summed E-state index contributed by atoms with van der Waals surface area (Å²) in [6, 6.07) is 15.5. The van der Waals surface area contributed by atoms with E-state index in [1.165, 1.54) is 0 Å². The average Bonchev–Trinajstić information content (AvgIpc) is 2.68. The zero-order chi connectivity index (χ0) is 19.1. The first-order valence-electron chi connectivity index (χ1n) is 8.84. The molecule has 1 heterocycles. The third-order valence-corrected chi connectivity index (χ3v) is 5.45. The molecule has 0 saturated carbocycles. The molecular formula is C20H22Br2N2O3. The van der Waals surface area contributed by atoms with Crippen molar-refractivity contribution in [3.8, 4) is 5.75 Å². The minimum Gasteiger partial charge on any atom is -0.483 e. The van der Waals surface area contributed by atoms with E-state index in [1.54, 1.807) is 0 Å². The first kappa shape index (κ1) is 20.3. The fraction of sp³-hybridized carbons (Fsp3) is 0.350. The highest BCUT2D eigenvalue weighted by Crippen LogP contribution is 2.28. The molecule has 3 rings (SSSR count). The molecule has 1 atom stereocenters. The van der Waals surface area contributed by atoms with Crippen LogP contribution < -0.4 is 10.1 Å². The van der Waals surface area contributed by atoms with E-state index < -0.39 is 0 Å². The molecule has 1 amide bonds. The number of hydrogen-bond acceptors (Lipinski definition) is 4. The third-order valence-electron chi connectivity index (χ3n) is 4.33. The number of halogens is 2. The summed E-state index contributed by atoms with van der Waals surface area (Å²) in [5, 5.41) is 3.11. The van der Waals surface area contributed by atoms with Crippen molar-refractivity contribution in [2.45, 2.75) is 6.04 Å². The topological polar surface area (TPSA) is 50.8 Å². The van der Waals surface area contributed by atoms with Gasteiger partial charge in [-0.05, 0) is 39.7 Å². The van der Waals surface area contributed by atoms with Crippen LogP contribution in [0.5, 0.6) is 5.75 Å². The Hall–Kier alpha value is -1.41. The molecule has 0 unspecified atom stereocenters. The average molecular weight is 498 g/mol. The molecule has 0 radical (unpaired) electrons. The predicted octanol–water partition coefficient (Wildman–Crippen LogP) is 3.78. The van der Waals surface area contributed by atoms with Crippen LogP contribution in [0.3, 0.4) is 0 Å². The zero-order valence-corrected chi connectivity index (χ0v) is 18.0. The molecule has 2 aromatic rings. The van der Waals surface area contributed by atoms with Gasteiger partial charge in [-0.1, -0.05) is 46.3 Å². The van der Waals surface area contributed by atoms with Crippen molar-refractivity contribution in [2.75, 3.05) is 39.5 Å².